The molecule has 0 bridgehead atoms. The van der Waals surface area contributed by atoms with Gasteiger partial charge in [0.05, 0.1) is 29.4 Å². The first-order valence-electron chi connectivity index (χ1n) is 12.9. The number of esters is 1. The third-order valence-corrected chi connectivity index (χ3v) is 6.84. The molecule has 0 aromatic heterocycles. The molecule has 3 aromatic carbocycles. The van der Waals surface area contributed by atoms with Crippen molar-refractivity contribution in [2.24, 2.45) is 4.99 Å². The van der Waals surface area contributed by atoms with Gasteiger partial charge in [0.2, 0.25) is 0 Å². The van der Waals surface area contributed by atoms with Crippen LogP contribution in [0, 0.1) is 6.92 Å². The fourth-order valence-corrected chi connectivity index (χ4v) is 5.08. The summed E-state index contributed by atoms with van der Waals surface area (Å²) in [6.07, 6.45) is 1.83. The quantitative estimate of drug-likeness (QED) is 0.207. The molecule has 4 rings (SSSR count). The molecule has 0 atom stereocenters. The number of hydrogen-bond acceptors (Lipinski definition) is 7. The number of amidine groups is 1. The zero-order chi connectivity index (χ0) is 27.8. The molecule has 1 saturated heterocycles. The van der Waals surface area contributed by atoms with Crippen LogP contribution in [0.5, 0.6) is 11.5 Å². The minimum Gasteiger partial charge on any atom is -0.490 e. The Bertz CT molecular complexity index is 1420. The molecule has 1 heterocycles. The van der Waals surface area contributed by atoms with E-state index in [0.29, 0.717) is 59.2 Å². The van der Waals surface area contributed by atoms with Gasteiger partial charge in [0, 0.05) is 6.54 Å². The minimum absolute atomic E-state index is 0.125. The number of aryl methyl sites for hydroxylation is 1. The van der Waals surface area contributed by atoms with Crippen LogP contribution in [0.25, 0.3) is 6.08 Å². The zero-order valence-electron chi connectivity index (χ0n) is 22.6. The van der Waals surface area contributed by atoms with Crippen LogP contribution < -0.4 is 9.47 Å². The molecule has 0 spiro atoms. The van der Waals surface area contributed by atoms with Gasteiger partial charge >= 0.3 is 5.97 Å². The lowest BCUT2D eigenvalue weighted by molar-refractivity contribution is -0.122. The van der Waals surface area contributed by atoms with E-state index in [1.165, 1.54) is 17.3 Å². The Morgan fingerprint density at radius 3 is 2.51 bits per heavy atom. The van der Waals surface area contributed by atoms with Crippen LogP contribution in [-0.2, 0) is 16.1 Å². The molecule has 39 heavy (non-hydrogen) atoms. The molecule has 0 saturated carbocycles. The van der Waals surface area contributed by atoms with Gasteiger partial charge in [0.15, 0.2) is 16.7 Å². The number of carbonyl (C=O) groups excluding carboxylic acids is 2. The van der Waals surface area contributed by atoms with Crippen LogP contribution >= 0.6 is 11.8 Å². The third kappa shape index (κ3) is 7.09. The number of benzene rings is 3. The highest BCUT2D eigenvalue weighted by Gasteiger charge is 2.32. The summed E-state index contributed by atoms with van der Waals surface area (Å²) in [7, 11) is 0. The van der Waals surface area contributed by atoms with Crippen molar-refractivity contribution in [3.63, 3.8) is 0 Å². The molecule has 8 heteroatoms. The normalized spacial score (nSPS) is 15.2. The van der Waals surface area contributed by atoms with E-state index in [9.17, 15) is 9.59 Å². The highest BCUT2D eigenvalue weighted by molar-refractivity contribution is 8.18. The Hall–Kier alpha value is -4.04. The molecular formula is C31H32N2O5S. The second-order valence-electron chi connectivity index (χ2n) is 8.74. The monoisotopic (exact) mass is 544 g/mol. The summed E-state index contributed by atoms with van der Waals surface area (Å²) in [5.41, 5.74) is 4.07. The fraction of sp³-hybridized carbons (Fsp3) is 0.258. The second kappa shape index (κ2) is 13.2. The van der Waals surface area contributed by atoms with E-state index in [4.69, 9.17) is 14.2 Å². The van der Waals surface area contributed by atoms with Crippen LogP contribution in [0.4, 0.5) is 5.69 Å². The zero-order valence-corrected chi connectivity index (χ0v) is 23.4. The van der Waals surface area contributed by atoms with Gasteiger partial charge in [-0.1, -0.05) is 42.0 Å². The van der Waals surface area contributed by atoms with Gasteiger partial charge in [-0.15, -0.1) is 0 Å². The first kappa shape index (κ1) is 28.0. The first-order chi connectivity index (χ1) is 18.9. The molecule has 7 nitrogen and oxygen atoms in total. The van der Waals surface area contributed by atoms with E-state index in [2.05, 4.69) is 24.0 Å². The van der Waals surface area contributed by atoms with Gasteiger partial charge in [-0.3, -0.25) is 9.69 Å². The predicted molar refractivity (Wildman–Crippen MR) is 156 cm³/mol. The maximum absolute atomic E-state index is 13.2. The number of carbonyl (C=O) groups is 2. The summed E-state index contributed by atoms with van der Waals surface area (Å²) in [6.45, 7) is 9.32. The Balaban J connectivity index is 1.56. The first-order valence-corrected chi connectivity index (χ1v) is 13.8. The van der Waals surface area contributed by atoms with E-state index < -0.39 is 5.97 Å². The van der Waals surface area contributed by atoms with Gasteiger partial charge in [-0.2, -0.15) is 0 Å². The number of aliphatic imine (C=N–C) groups is 1. The molecule has 0 radical (unpaired) electrons. The smallest absolute Gasteiger partial charge is 0.338 e. The minimum atomic E-state index is -0.404. The van der Waals surface area contributed by atoms with E-state index in [0.717, 1.165) is 11.1 Å². The van der Waals surface area contributed by atoms with E-state index >= 15 is 0 Å². The third-order valence-electron chi connectivity index (χ3n) is 5.83. The molecule has 202 valence electrons. The summed E-state index contributed by atoms with van der Waals surface area (Å²) in [4.78, 5) is 32.1. The predicted octanol–water partition coefficient (Wildman–Crippen LogP) is 6.77. The summed E-state index contributed by atoms with van der Waals surface area (Å²) in [5, 5.41) is 0.554. The number of rotatable bonds is 10. The van der Waals surface area contributed by atoms with Gasteiger partial charge in [0.1, 0.15) is 6.61 Å². The van der Waals surface area contributed by atoms with Crippen LogP contribution in [0.3, 0.4) is 0 Å². The molecule has 3 aromatic rings. The number of thioether (sulfide) groups is 1. The molecule has 0 N–H and O–H groups in total. The van der Waals surface area contributed by atoms with Crippen molar-refractivity contribution >= 4 is 40.6 Å². The number of hydrogen-bond donors (Lipinski definition) is 0. The number of likely N-dealkylation sites (N-methyl/N-ethyl adjacent to an activating group) is 1. The lowest BCUT2D eigenvalue weighted by atomic mass is 10.1. The second-order valence-corrected chi connectivity index (χ2v) is 9.75. The molecule has 1 aliphatic heterocycles. The molecule has 0 unspecified atom stereocenters. The van der Waals surface area contributed by atoms with Crippen LogP contribution in [0.2, 0.25) is 0 Å². The van der Waals surface area contributed by atoms with Crippen molar-refractivity contribution in [1.29, 1.82) is 0 Å². The van der Waals surface area contributed by atoms with Gasteiger partial charge < -0.3 is 14.2 Å². The Labute approximate surface area is 233 Å². The van der Waals surface area contributed by atoms with Crippen molar-refractivity contribution in [3.8, 4) is 11.5 Å². The van der Waals surface area contributed by atoms with E-state index in [1.807, 2.05) is 50.3 Å². The van der Waals surface area contributed by atoms with Crippen molar-refractivity contribution in [1.82, 2.24) is 4.90 Å². The fourth-order valence-electron chi connectivity index (χ4n) is 4.01. The van der Waals surface area contributed by atoms with E-state index in [1.54, 1.807) is 36.1 Å². The van der Waals surface area contributed by atoms with Gasteiger partial charge in [0.25, 0.3) is 5.91 Å². The maximum Gasteiger partial charge on any atom is 0.338 e. The highest BCUT2D eigenvalue weighted by Crippen LogP contribution is 2.36. The van der Waals surface area contributed by atoms with Crippen LogP contribution in [0.1, 0.15) is 47.8 Å². The summed E-state index contributed by atoms with van der Waals surface area (Å²) >= 11 is 1.30. The van der Waals surface area contributed by atoms with Gasteiger partial charge in [-0.05, 0) is 87.0 Å². The van der Waals surface area contributed by atoms with Crippen molar-refractivity contribution in [3.05, 3.63) is 93.9 Å². The Kier molecular flexibility index (Phi) is 9.44. The average molecular weight is 545 g/mol. The standard InChI is InChI=1S/C31H32N2O5S/c1-5-33-29(34)28(39-31(33)32-25-13-9-12-24(19-25)30(35)37-7-3)18-22-14-15-26(27(17-22)36-6-2)38-20-23-11-8-10-21(4)16-23/h8-19H,5-7,20H2,1-4H3. The SMILES string of the molecule is CCOC(=O)c1cccc(N=C2SC(=Cc3ccc(OCc4cccc(C)c4)c(OCC)c3)C(=O)N2CC)c1. The molecule has 0 aliphatic carbocycles. The molecule has 1 aliphatic rings. The largest absolute Gasteiger partial charge is 0.490 e. The summed E-state index contributed by atoms with van der Waals surface area (Å²) < 4.78 is 17.0. The average Bonchev–Trinajstić information content (AvgIpc) is 3.21. The Morgan fingerprint density at radius 2 is 1.77 bits per heavy atom. The summed E-state index contributed by atoms with van der Waals surface area (Å²) in [5.74, 6) is 0.733. The maximum atomic E-state index is 13.2. The van der Waals surface area contributed by atoms with Crippen molar-refractivity contribution in [2.45, 2.75) is 34.3 Å². The summed E-state index contributed by atoms with van der Waals surface area (Å²) in [6, 6.07) is 20.7. The lowest BCUT2D eigenvalue weighted by Gasteiger charge is -2.13. The van der Waals surface area contributed by atoms with Crippen LogP contribution in [-0.4, -0.2) is 41.7 Å². The van der Waals surface area contributed by atoms with Crippen molar-refractivity contribution in [2.75, 3.05) is 19.8 Å². The Morgan fingerprint density at radius 1 is 0.949 bits per heavy atom. The number of nitrogens with zero attached hydrogens (tertiary/aromatic N) is 2. The van der Waals surface area contributed by atoms with E-state index in [-0.39, 0.29) is 5.91 Å². The van der Waals surface area contributed by atoms with Crippen molar-refractivity contribution < 1.29 is 23.8 Å². The van der Waals surface area contributed by atoms with Gasteiger partial charge in [-0.25, -0.2) is 9.79 Å². The number of ether oxygens (including phenoxy) is 3. The highest BCUT2D eigenvalue weighted by atomic mass is 32.2. The lowest BCUT2D eigenvalue weighted by Crippen LogP contribution is -2.28. The topological polar surface area (TPSA) is 77.4 Å². The molecular weight excluding hydrogens is 512 g/mol. The number of amides is 1. The van der Waals surface area contributed by atoms with Crippen LogP contribution in [0.15, 0.2) is 76.6 Å². The molecule has 1 amide bonds. The molecule has 1 fully saturated rings.